The summed E-state index contributed by atoms with van der Waals surface area (Å²) in [6, 6.07) is 27.8. The zero-order valence-corrected chi connectivity index (χ0v) is 18.2. The molecule has 0 atom stereocenters. The number of benzene rings is 3. The van der Waals surface area contributed by atoms with Gasteiger partial charge in [-0.25, -0.2) is 4.68 Å². The second kappa shape index (κ2) is 8.96. The highest BCUT2D eigenvalue weighted by Crippen LogP contribution is 2.24. The van der Waals surface area contributed by atoms with Gasteiger partial charge in [-0.3, -0.25) is 9.48 Å². The van der Waals surface area contributed by atoms with Crippen molar-refractivity contribution >= 4 is 11.6 Å². The topological polar surface area (TPSA) is 64.7 Å². The number of nitrogens with one attached hydrogen (secondary N) is 1. The fourth-order valence-corrected chi connectivity index (χ4v) is 3.77. The second-order valence-electron chi connectivity index (χ2n) is 7.91. The zero-order chi connectivity index (χ0) is 22.6. The lowest BCUT2D eigenvalue weighted by Gasteiger charge is -2.04. The smallest absolute Gasteiger partial charge is 0.259 e. The third-order valence-electron chi connectivity index (χ3n) is 5.34. The van der Waals surface area contributed by atoms with Crippen LogP contribution in [0.15, 0.2) is 104 Å². The maximum absolute atomic E-state index is 13.3. The van der Waals surface area contributed by atoms with Crippen molar-refractivity contribution in [3.05, 3.63) is 120 Å². The van der Waals surface area contributed by atoms with Crippen molar-refractivity contribution in [3.8, 4) is 16.9 Å². The van der Waals surface area contributed by atoms with E-state index in [1.807, 2.05) is 77.6 Å². The van der Waals surface area contributed by atoms with E-state index in [0.717, 1.165) is 16.8 Å². The van der Waals surface area contributed by atoms with Crippen LogP contribution in [0.25, 0.3) is 16.9 Å². The first-order chi connectivity index (χ1) is 16.2. The van der Waals surface area contributed by atoms with Gasteiger partial charge in [0.1, 0.15) is 5.69 Å². The maximum atomic E-state index is 13.3. The Kier molecular flexibility index (Phi) is 5.55. The number of nitrogens with zero attached hydrogens (tertiary/aromatic N) is 4. The molecule has 0 bridgehead atoms. The van der Waals surface area contributed by atoms with Gasteiger partial charge in [0, 0.05) is 18.0 Å². The molecule has 3 aromatic carbocycles. The number of amides is 1. The molecule has 0 aliphatic rings. The number of carbonyl (C=O) groups is 1. The molecular formula is C27H23N5O. The highest BCUT2D eigenvalue weighted by Gasteiger charge is 2.19. The molecule has 2 heterocycles. The summed E-state index contributed by atoms with van der Waals surface area (Å²) in [6.45, 7) is 2.71. The average molecular weight is 434 g/mol. The number of aryl methyl sites for hydroxylation is 1. The number of carbonyl (C=O) groups excluding carboxylic acids is 1. The van der Waals surface area contributed by atoms with Crippen molar-refractivity contribution in [1.82, 2.24) is 19.6 Å². The van der Waals surface area contributed by atoms with Crippen molar-refractivity contribution in [1.29, 1.82) is 0 Å². The minimum atomic E-state index is -0.230. The summed E-state index contributed by atoms with van der Waals surface area (Å²) in [5, 5.41) is 12.1. The highest BCUT2D eigenvalue weighted by atomic mass is 16.1. The van der Waals surface area contributed by atoms with E-state index in [1.54, 1.807) is 17.1 Å². The zero-order valence-electron chi connectivity index (χ0n) is 18.2. The van der Waals surface area contributed by atoms with Crippen LogP contribution in [0.1, 0.15) is 21.5 Å². The van der Waals surface area contributed by atoms with Crippen LogP contribution in [0.4, 0.5) is 5.69 Å². The summed E-state index contributed by atoms with van der Waals surface area (Å²) in [5.74, 6) is -0.230. The molecule has 5 rings (SSSR count). The minimum absolute atomic E-state index is 0.230. The quantitative estimate of drug-likeness (QED) is 0.393. The van der Waals surface area contributed by atoms with Crippen LogP contribution in [0, 0.1) is 6.92 Å². The number of rotatable bonds is 6. The Morgan fingerprint density at radius 1 is 0.909 bits per heavy atom. The molecule has 6 nitrogen and oxygen atoms in total. The number of hydrogen-bond donors (Lipinski definition) is 1. The monoisotopic (exact) mass is 433 g/mol. The first kappa shape index (κ1) is 20.5. The molecule has 162 valence electrons. The molecule has 0 fully saturated rings. The van der Waals surface area contributed by atoms with Gasteiger partial charge in [0.05, 0.1) is 29.7 Å². The first-order valence-electron chi connectivity index (χ1n) is 10.8. The molecule has 0 radical (unpaired) electrons. The summed E-state index contributed by atoms with van der Waals surface area (Å²) in [4.78, 5) is 13.3. The fourth-order valence-electron chi connectivity index (χ4n) is 3.77. The molecule has 2 aromatic heterocycles. The molecule has 0 aliphatic carbocycles. The Morgan fingerprint density at radius 3 is 2.42 bits per heavy atom. The molecule has 0 unspecified atom stereocenters. The Bertz CT molecular complexity index is 1390. The number of anilines is 1. The van der Waals surface area contributed by atoms with Crippen LogP contribution in [0.3, 0.4) is 0 Å². The van der Waals surface area contributed by atoms with E-state index in [1.165, 1.54) is 5.56 Å². The Balaban J connectivity index is 1.41. The van der Waals surface area contributed by atoms with Gasteiger partial charge in [-0.2, -0.15) is 10.2 Å². The highest BCUT2D eigenvalue weighted by molar-refractivity contribution is 6.08. The number of hydrogen-bond acceptors (Lipinski definition) is 3. The summed E-state index contributed by atoms with van der Waals surface area (Å²) >= 11 is 0. The van der Waals surface area contributed by atoms with E-state index < -0.39 is 0 Å². The summed E-state index contributed by atoms with van der Waals surface area (Å²) in [5.41, 5.74) is 5.90. The maximum Gasteiger partial charge on any atom is 0.259 e. The van der Waals surface area contributed by atoms with Crippen molar-refractivity contribution in [2.45, 2.75) is 13.5 Å². The van der Waals surface area contributed by atoms with E-state index in [-0.39, 0.29) is 5.91 Å². The van der Waals surface area contributed by atoms with E-state index in [9.17, 15) is 4.79 Å². The van der Waals surface area contributed by atoms with E-state index >= 15 is 0 Å². The van der Waals surface area contributed by atoms with Crippen LogP contribution in [0.5, 0.6) is 0 Å². The summed E-state index contributed by atoms with van der Waals surface area (Å²) < 4.78 is 3.55. The van der Waals surface area contributed by atoms with Crippen molar-refractivity contribution < 1.29 is 4.79 Å². The Labute approximate surface area is 192 Å². The molecule has 1 amide bonds. The van der Waals surface area contributed by atoms with Crippen molar-refractivity contribution in [2.24, 2.45) is 0 Å². The van der Waals surface area contributed by atoms with Gasteiger partial charge >= 0.3 is 0 Å². The van der Waals surface area contributed by atoms with Gasteiger partial charge < -0.3 is 5.32 Å². The minimum Gasteiger partial charge on any atom is -0.319 e. The number of para-hydroxylation sites is 1. The standard InChI is InChI=1S/C27H23N5O/c1-20-9-8-10-21(15-20)17-31-18-23(16-28-31)29-27(33)25-19-32(24-13-6-3-7-14-24)30-26(25)22-11-4-2-5-12-22/h2-16,18-19H,17H2,1H3,(H,29,33). The van der Waals surface area contributed by atoms with Crippen LogP contribution < -0.4 is 5.32 Å². The van der Waals surface area contributed by atoms with Crippen molar-refractivity contribution in [3.63, 3.8) is 0 Å². The molecule has 6 heteroatoms. The second-order valence-corrected chi connectivity index (χ2v) is 7.91. The lowest BCUT2D eigenvalue weighted by atomic mass is 10.1. The predicted molar refractivity (Wildman–Crippen MR) is 129 cm³/mol. The van der Waals surface area contributed by atoms with Crippen LogP contribution >= 0.6 is 0 Å². The van der Waals surface area contributed by atoms with E-state index in [2.05, 4.69) is 35.5 Å². The van der Waals surface area contributed by atoms with Crippen LogP contribution in [0.2, 0.25) is 0 Å². The molecule has 0 spiro atoms. The predicted octanol–water partition coefficient (Wildman–Crippen LogP) is 5.34. The van der Waals surface area contributed by atoms with E-state index in [4.69, 9.17) is 5.10 Å². The molecule has 0 saturated carbocycles. The average Bonchev–Trinajstić information content (AvgIpc) is 3.48. The molecule has 0 aliphatic heterocycles. The van der Waals surface area contributed by atoms with Gasteiger partial charge in [-0.05, 0) is 24.6 Å². The normalized spacial score (nSPS) is 10.8. The molecule has 5 aromatic rings. The first-order valence-corrected chi connectivity index (χ1v) is 10.8. The van der Waals surface area contributed by atoms with Crippen LogP contribution in [-0.2, 0) is 6.54 Å². The third kappa shape index (κ3) is 4.60. The number of aromatic nitrogens is 4. The van der Waals surface area contributed by atoms with Gasteiger partial charge in [0.25, 0.3) is 5.91 Å². The lowest BCUT2D eigenvalue weighted by molar-refractivity contribution is 0.102. The van der Waals surface area contributed by atoms with Gasteiger partial charge in [0.15, 0.2) is 0 Å². The van der Waals surface area contributed by atoms with E-state index in [0.29, 0.717) is 23.5 Å². The van der Waals surface area contributed by atoms with Crippen molar-refractivity contribution in [2.75, 3.05) is 5.32 Å². The summed E-state index contributed by atoms with van der Waals surface area (Å²) in [7, 11) is 0. The Morgan fingerprint density at radius 2 is 1.67 bits per heavy atom. The molecule has 1 N–H and O–H groups in total. The largest absolute Gasteiger partial charge is 0.319 e. The SMILES string of the molecule is Cc1cccc(Cn2cc(NC(=O)c3cn(-c4ccccc4)nc3-c3ccccc3)cn2)c1. The molecular weight excluding hydrogens is 410 g/mol. The van der Waals surface area contributed by atoms with Gasteiger partial charge in [-0.1, -0.05) is 78.4 Å². The molecule has 0 saturated heterocycles. The third-order valence-corrected chi connectivity index (χ3v) is 5.34. The van der Waals surface area contributed by atoms with Gasteiger partial charge in [-0.15, -0.1) is 0 Å². The van der Waals surface area contributed by atoms with Crippen LogP contribution in [-0.4, -0.2) is 25.5 Å². The summed E-state index contributed by atoms with van der Waals surface area (Å²) in [6.07, 6.45) is 5.27. The Hall–Kier alpha value is -4.45. The van der Waals surface area contributed by atoms with Gasteiger partial charge in [0.2, 0.25) is 0 Å². The fraction of sp³-hybridized carbons (Fsp3) is 0.0741. The molecule has 33 heavy (non-hydrogen) atoms. The lowest BCUT2D eigenvalue weighted by Crippen LogP contribution is -2.12.